The molecular weight excluding hydrogens is 233 g/mol. The van der Waals surface area contributed by atoms with Crippen molar-refractivity contribution in [3.8, 4) is 0 Å². The highest BCUT2D eigenvalue weighted by Gasteiger charge is 2.43. The standard InChI is InChI=1S/C10H17F3N4/c1-4-5-14-8(10(11,12)13)9-15-6-16-17(9)7(2)3/h6-8,14H,4-5H2,1-3H3. The van der Waals surface area contributed by atoms with Crippen molar-refractivity contribution >= 4 is 0 Å². The van der Waals surface area contributed by atoms with Gasteiger partial charge >= 0.3 is 6.18 Å². The first kappa shape index (κ1) is 14.0. The molecule has 0 saturated heterocycles. The van der Waals surface area contributed by atoms with Gasteiger partial charge in [0.05, 0.1) is 0 Å². The van der Waals surface area contributed by atoms with Crippen LogP contribution in [0.1, 0.15) is 45.1 Å². The van der Waals surface area contributed by atoms with Crippen molar-refractivity contribution in [3.63, 3.8) is 0 Å². The summed E-state index contributed by atoms with van der Waals surface area (Å²) in [7, 11) is 0. The molecule has 0 fully saturated rings. The van der Waals surface area contributed by atoms with Crippen LogP contribution in [0.5, 0.6) is 0 Å². The minimum Gasteiger partial charge on any atom is -0.300 e. The number of alkyl halides is 3. The zero-order chi connectivity index (χ0) is 13.1. The van der Waals surface area contributed by atoms with Gasteiger partial charge in [-0.05, 0) is 26.8 Å². The highest BCUT2D eigenvalue weighted by atomic mass is 19.4. The van der Waals surface area contributed by atoms with Crippen LogP contribution in [-0.4, -0.2) is 27.5 Å². The lowest BCUT2D eigenvalue weighted by atomic mass is 10.2. The average molecular weight is 250 g/mol. The van der Waals surface area contributed by atoms with E-state index in [0.29, 0.717) is 6.42 Å². The van der Waals surface area contributed by atoms with E-state index in [1.165, 1.54) is 4.68 Å². The van der Waals surface area contributed by atoms with E-state index in [0.717, 1.165) is 6.33 Å². The van der Waals surface area contributed by atoms with Gasteiger partial charge in [0.1, 0.15) is 6.33 Å². The Labute approximate surface area is 98.2 Å². The van der Waals surface area contributed by atoms with E-state index in [-0.39, 0.29) is 18.4 Å². The third-order valence-corrected chi connectivity index (χ3v) is 2.27. The van der Waals surface area contributed by atoms with Crippen LogP contribution in [0.25, 0.3) is 0 Å². The van der Waals surface area contributed by atoms with Gasteiger partial charge in [-0.1, -0.05) is 6.92 Å². The van der Waals surface area contributed by atoms with Gasteiger partial charge in [-0.3, -0.25) is 5.32 Å². The van der Waals surface area contributed by atoms with Gasteiger partial charge in [-0.15, -0.1) is 0 Å². The van der Waals surface area contributed by atoms with Gasteiger partial charge in [0.25, 0.3) is 0 Å². The first-order chi connectivity index (χ1) is 7.88. The van der Waals surface area contributed by atoms with Crippen molar-refractivity contribution in [2.24, 2.45) is 0 Å². The molecule has 1 heterocycles. The summed E-state index contributed by atoms with van der Waals surface area (Å²) in [5.41, 5.74) is 0. The molecule has 1 aromatic heterocycles. The van der Waals surface area contributed by atoms with Crippen LogP contribution in [0.15, 0.2) is 6.33 Å². The van der Waals surface area contributed by atoms with Gasteiger partial charge in [-0.25, -0.2) is 9.67 Å². The molecule has 4 nitrogen and oxygen atoms in total. The Morgan fingerprint density at radius 2 is 2.06 bits per heavy atom. The monoisotopic (exact) mass is 250 g/mol. The molecule has 1 aromatic rings. The van der Waals surface area contributed by atoms with Crippen molar-refractivity contribution in [3.05, 3.63) is 12.2 Å². The molecule has 0 bridgehead atoms. The summed E-state index contributed by atoms with van der Waals surface area (Å²) in [6.45, 7) is 5.64. The molecule has 17 heavy (non-hydrogen) atoms. The quantitative estimate of drug-likeness (QED) is 0.873. The number of rotatable bonds is 5. The molecule has 0 spiro atoms. The number of halogens is 3. The fourth-order valence-corrected chi connectivity index (χ4v) is 1.51. The van der Waals surface area contributed by atoms with Crippen molar-refractivity contribution < 1.29 is 13.2 Å². The van der Waals surface area contributed by atoms with E-state index in [1.54, 1.807) is 13.8 Å². The molecule has 0 aliphatic rings. The van der Waals surface area contributed by atoms with Crippen molar-refractivity contribution in [2.75, 3.05) is 6.54 Å². The van der Waals surface area contributed by atoms with Gasteiger partial charge in [-0.2, -0.15) is 18.3 Å². The molecule has 0 aliphatic heterocycles. The SMILES string of the molecule is CCCNC(c1ncnn1C(C)C)C(F)(F)F. The molecule has 0 saturated carbocycles. The topological polar surface area (TPSA) is 42.7 Å². The summed E-state index contributed by atoms with van der Waals surface area (Å²) < 4.78 is 40.0. The van der Waals surface area contributed by atoms with E-state index < -0.39 is 12.2 Å². The molecule has 1 N–H and O–H groups in total. The van der Waals surface area contributed by atoms with Gasteiger partial charge in [0, 0.05) is 6.04 Å². The first-order valence-corrected chi connectivity index (χ1v) is 5.57. The molecule has 0 amide bonds. The van der Waals surface area contributed by atoms with Crippen LogP contribution in [0, 0.1) is 0 Å². The highest BCUT2D eigenvalue weighted by molar-refractivity contribution is 4.99. The normalized spacial score (nSPS) is 14.3. The Kier molecular flexibility index (Phi) is 4.50. The smallest absolute Gasteiger partial charge is 0.300 e. The lowest BCUT2D eigenvalue weighted by molar-refractivity contribution is -0.160. The van der Waals surface area contributed by atoms with Crippen molar-refractivity contribution in [1.29, 1.82) is 0 Å². The van der Waals surface area contributed by atoms with Crippen LogP contribution >= 0.6 is 0 Å². The van der Waals surface area contributed by atoms with Crippen molar-refractivity contribution in [2.45, 2.75) is 45.5 Å². The van der Waals surface area contributed by atoms with Crippen LogP contribution in [0.2, 0.25) is 0 Å². The molecular formula is C10H17F3N4. The van der Waals surface area contributed by atoms with Gasteiger partial charge in [0.15, 0.2) is 11.9 Å². The number of hydrogen-bond donors (Lipinski definition) is 1. The van der Waals surface area contributed by atoms with Crippen LogP contribution in [0.4, 0.5) is 13.2 Å². The Morgan fingerprint density at radius 1 is 1.41 bits per heavy atom. The van der Waals surface area contributed by atoms with Crippen LogP contribution < -0.4 is 5.32 Å². The highest BCUT2D eigenvalue weighted by Crippen LogP contribution is 2.32. The number of aromatic nitrogens is 3. The summed E-state index contributed by atoms with van der Waals surface area (Å²) in [6.07, 6.45) is -2.58. The second-order valence-corrected chi connectivity index (χ2v) is 4.09. The molecule has 7 heteroatoms. The minimum atomic E-state index is -4.37. The molecule has 0 aromatic carbocycles. The predicted molar refractivity (Wildman–Crippen MR) is 57.5 cm³/mol. The number of nitrogens with zero attached hydrogens (tertiary/aromatic N) is 3. The van der Waals surface area contributed by atoms with E-state index in [1.807, 2.05) is 6.92 Å². The number of hydrogen-bond acceptors (Lipinski definition) is 3. The first-order valence-electron chi connectivity index (χ1n) is 5.57. The lowest BCUT2D eigenvalue weighted by Gasteiger charge is -2.22. The molecule has 1 rings (SSSR count). The molecule has 0 radical (unpaired) electrons. The summed E-state index contributed by atoms with van der Waals surface area (Å²) in [4.78, 5) is 3.73. The third kappa shape index (κ3) is 3.42. The van der Waals surface area contributed by atoms with Crippen molar-refractivity contribution in [1.82, 2.24) is 20.1 Å². The Bertz CT molecular complexity index is 346. The van der Waals surface area contributed by atoms with E-state index in [2.05, 4.69) is 15.4 Å². The van der Waals surface area contributed by atoms with Gasteiger partial charge < -0.3 is 0 Å². The van der Waals surface area contributed by atoms with E-state index in [4.69, 9.17) is 0 Å². The largest absolute Gasteiger partial charge is 0.411 e. The summed E-state index contributed by atoms with van der Waals surface area (Å²) in [5, 5.41) is 6.28. The molecule has 98 valence electrons. The maximum atomic E-state index is 12.9. The Balaban J connectivity index is 3.00. The average Bonchev–Trinajstić information content (AvgIpc) is 2.65. The van der Waals surface area contributed by atoms with Gasteiger partial charge in [0.2, 0.25) is 0 Å². The summed E-state index contributed by atoms with van der Waals surface area (Å²) in [6, 6.07) is -1.91. The van der Waals surface area contributed by atoms with E-state index in [9.17, 15) is 13.2 Å². The maximum Gasteiger partial charge on any atom is 0.411 e. The summed E-state index contributed by atoms with van der Waals surface area (Å²) >= 11 is 0. The molecule has 1 unspecified atom stereocenters. The third-order valence-electron chi connectivity index (χ3n) is 2.27. The second-order valence-electron chi connectivity index (χ2n) is 4.09. The Morgan fingerprint density at radius 3 is 2.53 bits per heavy atom. The zero-order valence-electron chi connectivity index (χ0n) is 10.1. The minimum absolute atomic E-state index is 0.0825. The van der Waals surface area contributed by atoms with E-state index >= 15 is 0 Å². The Hall–Kier alpha value is -1.11. The second kappa shape index (κ2) is 5.48. The molecule has 0 aliphatic carbocycles. The van der Waals surface area contributed by atoms with Crippen LogP contribution in [-0.2, 0) is 0 Å². The fourth-order valence-electron chi connectivity index (χ4n) is 1.51. The summed E-state index contributed by atoms with van der Waals surface area (Å²) in [5.74, 6) is -0.0825. The zero-order valence-corrected chi connectivity index (χ0v) is 10.1. The lowest BCUT2D eigenvalue weighted by Crippen LogP contribution is -2.37. The predicted octanol–water partition coefficient (Wildman–Crippen LogP) is 2.46. The molecule has 1 atom stereocenters. The number of nitrogens with one attached hydrogen (secondary N) is 1. The fraction of sp³-hybridized carbons (Fsp3) is 0.800. The maximum absolute atomic E-state index is 12.9. The van der Waals surface area contributed by atoms with Crippen LogP contribution in [0.3, 0.4) is 0 Å².